The van der Waals surface area contributed by atoms with Crippen LogP contribution in [-0.2, 0) is 16.4 Å². The number of ether oxygens (including phenoxy) is 2. The van der Waals surface area contributed by atoms with Crippen molar-refractivity contribution in [1.29, 1.82) is 0 Å². The number of carbonyl (C=O) groups is 1. The molecule has 1 fully saturated rings. The third-order valence-electron chi connectivity index (χ3n) is 6.21. The average Bonchev–Trinajstić information content (AvgIpc) is 2.86. The van der Waals surface area contributed by atoms with E-state index < -0.39 is 10.0 Å². The normalized spacial score (nSPS) is 15.8. The fourth-order valence-electron chi connectivity index (χ4n) is 4.08. The standard InChI is InChI=1S/C25H35N3O5S/c1-6-19-7-9-20(10-8-19)24(18(2)3)26-25(29)27-13-15-28(16-14-27)34(30,31)21-11-12-22(32-4)23(17-21)33-5/h7-12,17-18,24H,6,13-16H2,1-5H3,(H,26,29)/t24-/m0/s1. The first-order valence-electron chi connectivity index (χ1n) is 11.6. The van der Waals surface area contributed by atoms with Crippen LogP contribution in [0.1, 0.15) is 37.9 Å². The Morgan fingerprint density at radius 1 is 0.971 bits per heavy atom. The van der Waals surface area contributed by atoms with Crippen molar-refractivity contribution in [2.45, 2.75) is 38.1 Å². The molecule has 34 heavy (non-hydrogen) atoms. The summed E-state index contributed by atoms with van der Waals surface area (Å²) in [6.45, 7) is 7.35. The number of amides is 2. The molecule has 186 valence electrons. The topological polar surface area (TPSA) is 88.2 Å². The van der Waals surface area contributed by atoms with Gasteiger partial charge in [-0.25, -0.2) is 13.2 Å². The van der Waals surface area contributed by atoms with E-state index in [1.54, 1.807) is 11.0 Å². The van der Waals surface area contributed by atoms with E-state index in [-0.39, 0.29) is 36.0 Å². The molecule has 0 saturated carbocycles. The molecule has 1 atom stereocenters. The van der Waals surface area contributed by atoms with Crippen molar-refractivity contribution in [2.24, 2.45) is 5.92 Å². The predicted molar refractivity (Wildman–Crippen MR) is 132 cm³/mol. The molecule has 2 amide bonds. The molecule has 0 aliphatic carbocycles. The molecule has 1 heterocycles. The van der Waals surface area contributed by atoms with Gasteiger partial charge in [0.1, 0.15) is 0 Å². The van der Waals surface area contributed by atoms with Gasteiger partial charge in [0, 0.05) is 32.2 Å². The first kappa shape index (κ1) is 25.8. The molecule has 0 bridgehead atoms. The van der Waals surface area contributed by atoms with Gasteiger partial charge in [-0.3, -0.25) is 0 Å². The summed E-state index contributed by atoms with van der Waals surface area (Å²) in [5.74, 6) is 1.03. The predicted octanol–water partition coefficient (Wildman–Crippen LogP) is 3.68. The van der Waals surface area contributed by atoms with E-state index in [1.165, 1.54) is 36.2 Å². The first-order valence-corrected chi connectivity index (χ1v) is 13.0. The molecular formula is C25H35N3O5S. The summed E-state index contributed by atoms with van der Waals surface area (Å²) in [5, 5.41) is 3.14. The second-order valence-corrected chi connectivity index (χ2v) is 10.6. The fraction of sp³-hybridized carbons (Fsp3) is 0.480. The van der Waals surface area contributed by atoms with Crippen LogP contribution in [0, 0.1) is 5.92 Å². The molecule has 3 rings (SSSR count). The van der Waals surface area contributed by atoms with Crippen LogP contribution in [0.15, 0.2) is 47.4 Å². The average molecular weight is 490 g/mol. The minimum Gasteiger partial charge on any atom is -0.493 e. The maximum Gasteiger partial charge on any atom is 0.317 e. The summed E-state index contributed by atoms with van der Waals surface area (Å²) >= 11 is 0. The van der Waals surface area contributed by atoms with Crippen LogP contribution < -0.4 is 14.8 Å². The van der Waals surface area contributed by atoms with Crippen molar-refractivity contribution >= 4 is 16.1 Å². The number of sulfonamides is 1. The Morgan fingerprint density at radius 3 is 2.12 bits per heavy atom. The Bertz CT molecular complexity index is 1080. The van der Waals surface area contributed by atoms with Crippen molar-refractivity contribution in [3.8, 4) is 11.5 Å². The quantitative estimate of drug-likeness (QED) is 0.611. The SMILES string of the molecule is CCc1ccc([C@@H](NC(=O)N2CCN(S(=O)(=O)c3ccc(OC)c(OC)c3)CC2)C(C)C)cc1. The largest absolute Gasteiger partial charge is 0.493 e. The molecule has 0 spiro atoms. The molecule has 8 nitrogen and oxygen atoms in total. The molecule has 0 aromatic heterocycles. The van der Waals surface area contributed by atoms with Crippen LogP contribution in [0.5, 0.6) is 11.5 Å². The fourth-order valence-corrected chi connectivity index (χ4v) is 5.52. The molecule has 0 radical (unpaired) electrons. The highest BCUT2D eigenvalue weighted by Gasteiger charge is 2.31. The minimum absolute atomic E-state index is 0.119. The number of piperazine rings is 1. The van der Waals surface area contributed by atoms with Gasteiger partial charge in [0.25, 0.3) is 0 Å². The van der Waals surface area contributed by atoms with Crippen molar-refractivity contribution in [3.05, 3.63) is 53.6 Å². The van der Waals surface area contributed by atoms with Gasteiger partial charge in [-0.05, 0) is 35.6 Å². The minimum atomic E-state index is -3.72. The number of urea groups is 1. The maximum absolute atomic E-state index is 13.1. The zero-order valence-electron chi connectivity index (χ0n) is 20.6. The van der Waals surface area contributed by atoms with Crippen molar-refractivity contribution in [1.82, 2.24) is 14.5 Å². The van der Waals surface area contributed by atoms with Gasteiger partial charge >= 0.3 is 6.03 Å². The van der Waals surface area contributed by atoms with Crippen molar-refractivity contribution < 1.29 is 22.7 Å². The van der Waals surface area contributed by atoms with Crippen molar-refractivity contribution in [3.63, 3.8) is 0 Å². The lowest BCUT2D eigenvalue weighted by atomic mass is 9.95. The highest BCUT2D eigenvalue weighted by atomic mass is 32.2. The number of hydrogen-bond acceptors (Lipinski definition) is 5. The molecule has 1 N–H and O–H groups in total. The van der Waals surface area contributed by atoms with Gasteiger partial charge in [0.2, 0.25) is 10.0 Å². The Kier molecular flexibility index (Phi) is 8.43. The van der Waals surface area contributed by atoms with E-state index in [2.05, 4.69) is 50.4 Å². The number of carbonyl (C=O) groups excluding carboxylic acids is 1. The molecule has 2 aromatic carbocycles. The van der Waals surface area contributed by atoms with Gasteiger partial charge in [-0.2, -0.15) is 4.31 Å². The van der Waals surface area contributed by atoms with Gasteiger partial charge in [0.15, 0.2) is 11.5 Å². The van der Waals surface area contributed by atoms with Crippen LogP contribution in [0.4, 0.5) is 4.79 Å². The lowest BCUT2D eigenvalue weighted by Crippen LogP contribution is -2.53. The number of benzene rings is 2. The van der Waals surface area contributed by atoms with Crippen molar-refractivity contribution in [2.75, 3.05) is 40.4 Å². The summed E-state index contributed by atoms with van der Waals surface area (Å²) in [5.41, 5.74) is 2.32. The molecule has 0 unspecified atom stereocenters. The van der Waals surface area contributed by atoms with Crippen LogP contribution in [-0.4, -0.2) is 64.1 Å². The Morgan fingerprint density at radius 2 is 1.59 bits per heavy atom. The van der Waals surface area contributed by atoms with Gasteiger partial charge in [0.05, 0.1) is 25.2 Å². The number of nitrogens with zero attached hydrogens (tertiary/aromatic N) is 2. The molecular weight excluding hydrogens is 454 g/mol. The number of rotatable bonds is 8. The summed E-state index contributed by atoms with van der Waals surface area (Å²) < 4.78 is 38.1. The monoisotopic (exact) mass is 489 g/mol. The van der Waals surface area contributed by atoms with E-state index in [9.17, 15) is 13.2 Å². The third-order valence-corrected chi connectivity index (χ3v) is 8.11. The third kappa shape index (κ3) is 5.64. The Balaban J connectivity index is 1.65. The van der Waals surface area contributed by atoms with Gasteiger partial charge in [-0.15, -0.1) is 0 Å². The number of aryl methyl sites for hydroxylation is 1. The van der Waals surface area contributed by atoms with Crippen LogP contribution in [0.3, 0.4) is 0 Å². The summed E-state index contributed by atoms with van der Waals surface area (Å²) in [6.07, 6.45) is 0.968. The summed E-state index contributed by atoms with van der Waals surface area (Å²) in [6, 6.07) is 12.6. The zero-order valence-corrected chi connectivity index (χ0v) is 21.4. The zero-order chi connectivity index (χ0) is 24.9. The van der Waals surface area contributed by atoms with E-state index in [4.69, 9.17) is 9.47 Å². The number of methoxy groups -OCH3 is 2. The van der Waals surface area contributed by atoms with E-state index >= 15 is 0 Å². The number of hydrogen-bond donors (Lipinski definition) is 1. The first-order chi connectivity index (χ1) is 16.2. The van der Waals surface area contributed by atoms with E-state index in [1.807, 2.05) is 0 Å². The number of nitrogens with one attached hydrogen (secondary N) is 1. The Hall–Kier alpha value is -2.78. The summed E-state index contributed by atoms with van der Waals surface area (Å²) in [7, 11) is -0.749. The Labute approximate surface area is 202 Å². The van der Waals surface area contributed by atoms with E-state index in [0.717, 1.165) is 12.0 Å². The summed E-state index contributed by atoms with van der Waals surface area (Å²) in [4.78, 5) is 14.8. The van der Waals surface area contributed by atoms with Crippen LogP contribution in [0.25, 0.3) is 0 Å². The highest BCUT2D eigenvalue weighted by Crippen LogP contribution is 2.31. The van der Waals surface area contributed by atoms with Gasteiger partial charge < -0.3 is 19.7 Å². The smallest absolute Gasteiger partial charge is 0.317 e. The molecule has 9 heteroatoms. The molecule has 1 aliphatic heterocycles. The second kappa shape index (κ2) is 11.1. The second-order valence-electron chi connectivity index (χ2n) is 8.67. The lowest BCUT2D eigenvalue weighted by Gasteiger charge is -2.35. The molecule has 1 saturated heterocycles. The van der Waals surface area contributed by atoms with Crippen LogP contribution in [0.2, 0.25) is 0 Å². The van der Waals surface area contributed by atoms with Crippen LogP contribution >= 0.6 is 0 Å². The van der Waals surface area contributed by atoms with Gasteiger partial charge in [-0.1, -0.05) is 45.0 Å². The highest BCUT2D eigenvalue weighted by molar-refractivity contribution is 7.89. The molecule has 1 aliphatic rings. The lowest BCUT2D eigenvalue weighted by molar-refractivity contribution is 0.166. The van der Waals surface area contributed by atoms with E-state index in [0.29, 0.717) is 24.6 Å². The molecule has 2 aromatic rings. The maximum atomic E-state index is 13.1.